The van der Waals surface area contributed by atoms with Crippen molar-refractivity contribution in [2.24, 2.45) is 4.99 Å². The molecule has 132 valence electrons. The maximum atomic E-state index is 4.76. The van der Waals surface area contributed by atoms with Crippen LogP contribution in [-0.2, 0) is 0 Å². The zero-order chi connectivity index (χ0) is 15.5. The standard InChI is InChI=1S/C15H33N5S.HI/c1-5-16-15(17-8-6-7-11-21-4)18-12-14-13-19(2)9-10-20(14)3;/h14H,5-13H2,1-4H3,(H2,16,17,18);1H. The predicted octanol–water partition coefficient (Wildman–Crippen LogP) is 1.55. The van der Waals surface area contributed by atoms with Crippen LogP contribution in [0.25, 0.3) is 0 Å². The topological polar surface area (TPSA) is 42.9 Å². The van der Waals surface area contributed by atoms with Crippen molar-refractivity contribution in [2.75, 3.05) is 65.4 Å². The molecule has 1 rings (SSSR count). The Kier molecular flexibility index (Phi) is 13.9. The summed E-state index contributed by atoms with van der Waals surface area (Å²) in [5, 5.41) is 6.78. The smallest absolute Gasteiger partial charge is 0.191 e. The molecule has 1 fully saturated rings. The maximum absolute atomic E-state index is 4.76. The van der Waals surface area contributed by atoms with E-state index in [0.717, 1.165) is 45.2 Å². The van der Waals surface area contributed by atoms with Crippen molar-refractivity contribution in [3.63, 3.8) is 0 Å². The van der Waals surface area contributed by atoms with Crippen LogP contribution in [0.15, 0.2) is 4.99 Å². The van der Waals surface area contributed by atoms with E-state index in [1.54, 1.807) is 0 Å². The van der Waals surface area contributed by atoms with Crippen LogP contribution >= 0.6 is 35.7 Å². The molecule has 1 heterocycles. The second-order valence-corrected chi connectivity index (χ2v) is 6.73. The fraction of sp³-hybridized carbons (Fsp3) is 0.933. The highest BCUT2D eigenvalue weighted by Gasteiger charge is 2.21. The summed E-state index contributed by atoms with van der Waals surface area (Å²) in [5.41, 5.74) is 0. The molecule has 0 spiro atoms. The normalized spacial score (nSPS) is 20.5. The van der Waals surface area contributed by atoms with E-state index in [1.165, 1.54) is 18.6 Å². The number of guanidine groups is 1. The van der Waals surface area contributed by atoms with Gasteiger partial charge in [-0.05, 0) is 45.9 Å². The fourth-order valence-electron chi connectivity index (χ4n) is 2.42. The van der Waals surface area contributed by atoms with Crippen LogP contribution in [0.5, 0.6) is 0 Å². The number of nitrogens with zero attached hydrogens (tertiary/aromatic N) is 3. The van der Waals surface area contributed by atoms with Crippen molar-refractivity contribution in [1.29, 1.82) is 0 Å². The average Bonchev–Trinajstić information content (AvgIpc) is 2.47. The summed E-state index contributed by atoms with van der Waals surface area (Å²) in [6.07, 6.45) is 4.64. The van der Waals surface area contributed by atoms with Gasteiger partial charge >= 0.3 is 0 Å². The minimum atomic E-state index is 0. The van der Waals surface area contributed by atoms with Crippen molar-refractivity contribution in [1.82, 2.24) is 20.4 Å². The summed E-state index contributed by atoms with van der Waals surface area (Å²) in [7, 11) is 4.40. The summed E-state index contributed by atoms with van der Waals surface area (Å²) in [5.74, 6) is 2.21. The molecule has 1 unspecified atom stereocenters. The number of unbranched alkanes of at least 4 members (excludes halogenated alkanes) is 1. The van der Waals surface area contributed by atoms with Gasteiger partial charge in [0, 0.05) is 38.8 Å². The van der Waals surface area contributed by atoms with Crippen LogP contribution in [0.2, 0.25) is 0 Å². The molecule has 2 N–H and O–H groups in total. The highest BCUT2D eigenvalue weighted by atomic mass is 127. The number of aliphatic imine (C=N–C) groups is 1. The van der Waals surface area contributed by atoms with E-state index in [0.29, 0.717) is 6.04 Å². The molecule has 1 aliphatic rings. The van der Waals surface area contributed by atoms with Gasteiger partial charge in [-0.15, -0.1) is 24.0 Å². The average molecular weight is 443 g/mol. The number of hydrogen-bond donors (Lipinski definition) is 2. The quantitative estimate of drug-likeness (QED) is 0.258. The lowest BCUT2D eigenvalue weighted by Gasteiger charge is -2.36. The van der Waals surface area contributed by atoms with Gasteiger partial charge in [-0.25, -0.2) is 0 Å². The zero-order valence-electron chi connectivity index (χ0n) is 14.6. The van der Waals surface area contributed by atoms with Crippen molar-refractivity contribution >= 4 is 41.7 Å². The van der Waals surface area contributed by atoms with E-state index in [9.17, 15) is 0 Å². The van der Waals surface area contributed by atoms with Crippen molar-refractivity contribution in [3.05, 3.63) is 0 Å². The minimum Gasteiger partial charge on any atom is -0.357 e. The van der Waals surface area contributed by atoms with Gasteiger partial charge < -0.3 is 15.5 Å². The van der Waals surface area contributed by atoms with Crippen LogP contribution in [0, 0.1) is 0 Å². The number of halogens is 1. The number of nitrogens with one attached hydrogen (secondary N) is 2. The van der Waals surface area contributed by atoms with Crippen LogP contribution in [0.4, 0.5) is 0 Å². The van der Waals surface area contributed by atoms with E-state index in [4.69, 9.17) is 4.99 Å². The lowest BCUT2D eigenvalue weighted by molar-refractivity contribution is 0.119. The Morgan fingerprint density at radius 1 is 1.23 bits per heavy atom. The van der Waals surface area contributed by atoms with Crippen LogP contribution < -0.4 is 10.6 Å². The van der Waals surface area contributed by atoms with E-state index in [-0.39, 0.29) is 24.0 Å². The molecule has 0 aromatic carbocycles. The summed E-state index contributed by atoms with van der Waals surface area (Å²) in [6, 6.07) is 0.524. The molecule has 22 heavy (non-hydrogen) atoms. The van der Waals surface area contributed by atoms with Gasteiger partial charge in [0.25, 0.3) is 0 Å². The highest BCUT2D eigenvalue weighted by Crippen LogP contribution is 2.06. The molecule has 0 aliphatic carbocycles. The summed E-state index contributed by atoms with van der Waals surface area (Å²) in [4.78, 5) is 9.57. The van der Waals surface area contributed by atoms with E-state index >= 15 is 0 Å². The van der Waals surface area contributed by atoms with Gasteiger partial charge in [0.1, 0.15) is 0 Å². The number of thioether (sulfide) groups is 1. The Morgan fingerprint density at radius 3 is 2.68 bits per heavy atom. The number of rotatable bonds is 8. The fourth-order valence-corrected chi connectivity index (χ4v) is 2.91. The van der Waals surface area contributed by atoms with Gasteiger partial charge in [-0.2, -0.15) is 11.8 Å². The Hall–Kier alpha value is 0.270. The van der Waals surface area contributed by atoms with Crippen LogP contribution in [0.1, 0.15) is 19.8 Å². The molecular weight excluding hydrogens is 409 g/mol. The first-order valence-corrected chi connectivity index (χ1v) is 9.46. The molecule has 1 atom stereocenters. The number of hydrogen-bond acceptors (Lipinski definition) is 4. The van der Waals surface area contributed by atoms with E-state index < -0.39 is 0 Å². The molecule has 0 aromatic heterocycles. The lowest BCUT2D eigenvalue weighted by atomic mass is 10.2. The Balaban J connectivity index is 0.00000441. The first-order chi connectivity index (χ1) is 10.2. The van der Waals surface area contributed by atoms with Gasteiger partial charge in [0.2, 0.25) is 0 Å². The highest BCUT2D eigenvalue weighted by molar-refractivity contribution is 14.0. The summed E-state index contributed by atoms with van der Waals surface area (Å²) in [6.45, 7) is 8.29. The predicted molar refractivity (Wildman–Crippen MR) is 111 cm³/mol. The monoisotopic (exact) mass is 443 g/mol. The van der Waals surface area contributed by atoms with Gasteiger partial charge in [0.05, 0.1) is 6.54 Å². The minimum absolute atomic E-state index is 0. The molecule has 0 saturated carbocycles. The molecule has 0 radical (unpaired) electrons. The Labute approximate surface area is 158 Å². The molecule has 7 heteroatoms. The first-order valence-electron chi connectivity index (χ1n) is 8.07. The van der Waals surface area contributed by atoms with Crippen molar-refractivity contribution < 1.29 is 0 Å². The second-order valence-electron chi connectivity index (χ2n) is 5.74. The van der Waals surface area contributed by atoms with Crippen LogP contribution in [0.3, 0.4) is 0 Å². The largest absolute Gasteiger partial charge is 0.357 e. The third-order valence-electron chi connectivity index (χ3n) is 3.85. The molecule has 1 saturated heterocycles. The van der Waals surface area contributed by atoms with E-state index in [1.807, 2.05) is 11.8 Å². The third kappa shape index (κ3) is 9.42. The molecule has 0 amide bonds. The lowest BCUT2D eigenvalue weighted by Crippen LogP contribution is -2.51. The summed E-state index contributed by atoms with van der Waals surface area (Å²) < 4.78 is 0. The zero-order valence-corrected chi connectivity index (χ0v) is 17.7. The van der Waals surface area contributed by atoms with Crippen LogP contribution in [-0.4, -0.2) is 87.2 Å². The van der Waals surface area contributed by atoms with E-state index in [2.05, 4.69) is 47.7 Å². The molecule has 1 aliphatic heterocycles. The van der Waals surface area contributed by atoms with Gasteiger partial charge in [-0.1, -0.05) is 0 Å². The second kappa shape index (κ2) is 13.7. The summed E-state index contributed by atoms with van der Waals surface area (Å²) >= 11 is 1.92. The SMILES string of the molecule is CCNC(=NCC1CN(C)CCN1C)NCCCCSC.I. The molecular formula is C15H34IN5S. The molecule has 5 nitrogen and oxygen atoms in total. The van der Waals surface area contributed by atoms with Crippen molar-refractivity contribution in [2.45, 2.75) is 25.8 Å². The van der Waals surface area contributed by atoms with Gasteiger partial charge in [0.15, 0.2) is 5.96 Å². The molecule has 0 bridgehead atoms. The Bertz CT molecular complexity index is 304. The van der Waals surface area contributed by atoms with Crippen molar-refractivity contribution in [3.8, 4) is 0 Å². The van der Waals surface area contributed by atoms with Gasteiger partial charge in [-0.3, -0.25) is 9.89 Å². The Morgan fingerprint density at radius 2 is 2.00 bits per heavy atom. The first kappa shape index (κ1) is 22.3. The maximum Gasteiger partial charge on any atom is 0.191 e. The number of piperazine rings is 1. The number of likely N-dealkylation sites (N-methyl/N-ethyl adjacent to an activating group) is 2. The third-order valence-corrected chi connectivity index (χ3v) is 4.55. The molecule has 0 aromatic rings.